The number of hydrogen-bond acceptors (Lipinski definition) is 4. The van der Waals surface area contributed by atoms with Crippen molar-refractivity contribution in [2.24, 2.45) is 0 Å². The summed E-state index contributed by atoms with van der Waals surface area (Å²) in [5.74, 6) is -1.68. The predicted molar refractivity (Wildman–Crippen MR) is 105 cm³/mol. The average molecular weight is 383 g/mol. The molecule has 0 radical (unpaired) electrons. The van der Waals surface area contributed by atoms with Gasteiger partial charge in [0.25, 0.3) is 5.91 Å². The van der Waals surface area contributed by atoms with Gasteiger partial charge in [-0.1, -0.05) is 42.5 Å². The third kappa shape index (κ3) is 4.77. The second-order valence-electron chi connectivity index (χ2n) is 7.02. The van der Waals surface area contributed by atoms with Gasteiger partial charge in [0, 0.05) is 31.7 Å². The second-order valence-corrected chi connectivity index (χ2v) is 7.02. The fourth-order valence-electron chi connectivity index (χ4n) is 3.18. The summed E-state index contributed by atoms with van der Waals surface area (Å²) < 4.78 is 11.5. The Morgan fingerprint density at radius 3 is 2.36 bits per heavy atom. The first-order valence-corrected chi connectivity index (χ1v) is 9.40. The third-order valence-electron chi connectivity index (χ3n) is 5.11. The number of anilines is 1. The molecule has 28 heavy (non-hydrogen) atoms. The van der Waals surface area contributed by atoms with Crippen LogP contribution in [-0.4, -0.2) is 35.8 Å². The van der Waals surface area contributed by atoms with Crippen molar-refractivity contribution in [3.05, 3.63) is 65.7 Å². The standard InChI is InChI=1S/C22H25NO5/c1-16(20(24)25)18-7-9-19(10-8-18)23-21(26)22(11-13-27-14-12-22)28-15-17-5-3-2-4-6-17/h2-10,16H,11-15H2,1H3,(H,23,26)(H,24,25). The fraction of sp³-hybridized carbons (Fsp3) is 0.364. The van der Waals surface area contributed by atoms with Crippen molar-refractivity contribution >= 4 is 17.6 Å². The van der Waals surface area contributed by atoms with Gasteiger partial charge in [-0.15, -0.1) is 0 Å². The Morgan fingerprint density at radius 2 is 1.75 bits per heavy atom. The molecule has 1 aliphatic rings. The molecule has 1 unspecified atom stereocenters. The molecule has 0 aliphatic carbocycles. The van der Waals surface area contributed by atoms with E-state index in [0.29, 0.717) is 43.9 Å². The van der Waals surface area contributed by atoms with E-state index in [1.807, 2.05) is 30.3 Å². The fourth-order valence-corrected chi connectivity index (χ4v) is 3.18. The minimum atomic E-state index is -0.943. The molecule has 2 N–H and O–H groups in total. The van der Waals surface area contributed by atoms with Gasteiger partial charge in [0.1, 0.15) is 0 Å². The van der Waals surface area contributed by atoms with Crippen LogP contribution >= 0.6 is 0 Å². The van der Waals surface area contributed by atoms with Crippen molar-refractivity contribution in [1.82, 2.24) is 0 Å². The molecule has 0 saturated carbocycles. The van der Waals surface area contributed by atoms with Crippen LogP contribution in [0, 0.1) is 0 Å². The average Bonchev–Trinajstić information content (AvgIpc) is 2.73. The van der Waals surface area contributed by atoms with Crippen LogP contribution in [0.5, 0.6) is 0 Å². The monoisotopic (exact) mass is 383 g/mol. The van der Waals surface area contributed by atoms with E-state index in [0.717, 1.165) is 5.56 Å². The highest BCUT2D eigenvalue weighted by Crippen LogP contribution is 2.29. The molecule has 1 aliphatic heterocycles. The minimum absolute atomic E-state index is 0.203. The van der Waals surface area contributed by atoms with Crippen LogP contribution < -0.4 is 5.32 Å². The number of carbonyl (C=O) groups is 2. The van der Waals surface area contributed by atoms with Gasteiger partial charge < -0.3 is 19.9 Å². The van der Waals surface area contributed by atoms with E-state index >= 15 is 0 Å². The van der Waals surface area contributed by atoms with Crippen LogP contribution in [0.2, 0.25) is 0 Å². The topological polar surface area (TPSA) is 84.9 Å². The van der Waals surface area contributed by atoms with Crippen LogP contribution in [0.4, 0.5) is 5.69 Å². The van der Waals surface area contributed by atoms with Crippen molar-refractivity contribution in [3.63, 3.8) is 0 Å². The maximum Gasteiger partial charge on any atom is 0.310 e. The van der Waals surface area contributed by atoms with E-state index in [-0.39, 0.29) is 5.91 Å². The van der Waals surface area contributed by atoms with Gasteiger partial charge in [-0.2, -0.15) is 0 Å². The Morgan fingerprint density at radius 1 is 1.11 bits per heavy atom. The highest BCUT2D eigenvalue weighted by molar-refractivity contribution is 5.97. The maximum absolute atomic E-state index is 13.1. The summed E-state index contributed by atoms with van der Waals surface area (Å²) in [6.07, 6.45) is 0.972. The molecule has 1 heterocycles. The number of carboxylic acids is 1. The summed E-state index contributed by atoms with van der Waals surface area (Å²) in [6.45, 7) is 2.92. The van der Waals surface area contributed by atoms with E-state index in [4.69, 9.17) is 14.6 Å². The lowest BCUT2D eigenvalue weighted by Crippen LogP contribution is -2.49. The smallest absolute Gasteiger partial charge is 0.310 e. The van der Waals surface area contributed by atoms with Crippen LogP contribution in [0.15, 0.2) is 54.6 Å². The number of hydrogen-bond donors (Lipinski definition) is 2. The maximum atomic E-state index is 13.1. The molecule has 2 aromatic carbocycles. The predicted octanol–water partition coefficient (Wildman–Crippen LogP) is 3.58. The molecule has 1 saturated heterocycles. The number of ether oxygens (including phenoxy) is 2. The highest BCUT2D eigenvalue weighted by Gasteiger charge is 2.41. The Bertz CT molecular complexity index is 797. The summed E-state index contributed by atoms with van der Waals surface area (Å²) >= 11 is 0. The van der Waals surface area contributed by atoms with E-state index < -0.39 is 17.5 Å². The van der Waals surface area contributed by atoms with Gasteiger partial charge in [0.05, 0.1) is 12.5 Å². The first-order valence-electron chi connectivity index (χ1n) is 9.40. The lowest BCUT2D eigenvalue weighted by atomic mass is 9.92. The molecule has 1 amide bonds. The summed E-state index contributed by atoms with van der Waals surface area (Å²) in [4.78, 5) is 24.2. The van der Waals surface area contributed by atoms with Gasteiger partial charge in [-0.25, -0.2) is 0 Å². The highest BCUT2D eigenvalue weighted by atomic mass is 16.5. The van der Waals surface area contributed by atoms with Gasteiger partial charge in [0.2, 0.25) is 0 Å². The van der Waals surface area contributed by atoms with Crippen LogP contribution in [0.25, 0.3) is 0 Å². The van der Waals surface area contributed by atoms with Gasteiger partial charge in [-0.05, 0) is 30.2 Å². The SMILES string of the molecule is CC(C(=O)O)c1ccc(NC(=O)C2(OCc3ccccc3)CCOCC2)cc1. The molecule has 3 rings (SSSR count). The molecular formula is C22H25NO5. The van der Waals surface area contributed by atoms with Crippen molar-refractivity contribution in [2.45, 2.75) is 37.9 Å². The van der Waals surface area contributed by atoms with E-state index in [2.05, 4.69) is 5.32 Å². The van der Waals surface area contributed by atoms with Gasteiger partial charge in [0.15, 0.2) is 5.60 Å². The number of benzene rings is 2. The zero-order valence-electron chi connectivity index (χ0n) is 15.9. The Labute approximate surface area is 164 Å². The number of amides is 1. The first kappa shape index (κ1) is 20.0. The molecule has 0 spiro atoms. The van der Waals surface area contributed by atoms with Gasteiger partial charge >= 0.3 is 5.97 Å². The third-order valence-corrected chi connectivity index (χ3v) is 5.11. The van der Waals surface area contributed by atoms with E-state index in [1.165, 1.54) is 0 Å². The van der Waals surface area contributed by atoms with E-state index in [9.17, 15) is 9.59 Å². The van der Waals surface area contributed by atoms with Gasteiger partial charge in [-0.3, -0.25) is 9.59 Å². The number of aliphatic carboxylic acids is 1. The summed E-state index contributed by atoms with van der Waals surface area (Å²) in [6, 6.07) is 16.6. The normalized spacial score (nSPS) is 16.9. The first-order chi connectivity index (χ1) is 13.5. The zero-order chi connectivity index (χ0) is 20.0. The lowest BCUT2D eigenvalue weighted by molar-refractivity contribution is -0.158. The largest absolute Gasteiger partial charge is 0.481 e. The molecular weight excluding hydrogens is 358 g/mol. The molecule has 6 heteroatoms. The second kappa shape index (κ2) is 8.99. The molecule has 6 nitrogen and oxygen atoms in total. The lowest BCUT2D eigenvalue weighted by Gasteiger charge is -2.35. The molecule has 0 bridgehead atoms. The van der Waals surface area contributed by atoms with Crippen molar-refractivity contribution in [3.8, 4) is 0 Å². The number of rotatable bonds is 7. The Balaban J connectivity index is 1.70. The Hall–Kier alpha value is -2.70. The number of carboxylic acid groups (broad SMARTS) is 1. The van der Waals surface area contributed by atoms with Crippen molar-refractivity contribution in [1.29, 1.82) is 0 Å². The molecule has 148 valence electrons. The van der Waals surface area contributed by atoms with Crippen molar-refractivity contribution in [2.75, 3.05) is 18.5 Å². The molecule has 0 aromatic heterocycles. The Kier molecular flexibility index (Phi) is 6.44. The van der Waals surface area contributed by atoms with Crippen LogP contribution in [0.1, 0.15) is 36.8 Å². The van der Waals surface area contributed by atoms with Crippen LogP contribution in [0.3, 0.4) is 0 Å². The molecule has 1 atom stereocenters. The summed E-state index contributed by atoms with van der Waals surface area (Å²) in [7, 11) is 0. The number of carbonyl (C=O) groups excluding carboxylic acids is 1. The summed E-state index contributed by atoms with van der Waals surface area (Å²) in [5, 5.41) is 12.0. The molecule has 2 aromatic rings. The van der Waals surface area contributed by atoms with E-state index in [1.54, 1.807) is 31.2 Å². The summed E-state index contributed by atoms with van der Waals surface area (Å²) in [5.41, 5.74) is 1.36. The molecule has 1 fully saturated rings. The minimum Gasteiger partial charge on any atom is -0.481 e. The van der Waals surface area contributed by atoms with Crippen molar-refractivity contribution < 1.29 is 24.2 Å². The quantitative estimate of drug-likeness (QED) is 0.763. The van der Waals surface area contributed by atoms with Crippen LogP contribution in [-0.2, 0) is 25.7 Å². The number of nitrogens with one attached hydrogen (secondary N) is 1. The zero-order valence-corrected chi connectivity index (χ0v) is 15.9.